The SMILES string of the molecule is O=C(O)c1ccccc1.O=C(O)c1ccccc1.O=C([O-])c1ccccc1.O=C([O-])c1ccccc1.O=C([O-])c1ccccc1.O=C([O-])c1ccccc1.[Cu+2].[Cu+2]. The van der Waals surface area contributed by atoms with Gasteiger partial charge in [-0.05, 0) is 46.5 Å². The number of carbonyl (C=O) groups excluding carboxylic acids is 4. The summed E-state index contributed by atoms with van der Waals surface area (Å²) in [7, 11) is 0. The van der Waals surface area contributed by atoms with E-state index in [1.807, 2.05) is 0 Å². The Morgan fingerprint density at radius 2 is 0.393 bits per heavy atom. The molecular formula is C42H32Cu2O12. The molecule has 0 aliphatic rings. The van der Waals surface area contributed by atoms with Crippen molar-refractivity contribution in [3.63, 3.8) is 0 Å². The molecule has 0 atom stereocenters. The van der Waals surface area contributed by atoms with Crippen LogP contribution in [-0.4, -0.2) is 46.0 Å². The van der Waals surface area contributed by atoms with E-state index in [1.165, 1.54) is 48.5 Å². The zero-order valence-electron chi connectivity index (χ0n) is 28.9. The number of benzene rings is 6. The minimum absolute atomic E-state index is 0. The molecule has 6 aromatic rings. The molecule has 0 fully saturated rings. The molecule has 6 aromatic carbocycles. The zero-order valence-corrected chi connectivity index (χ0v) is 30.8. The summed E-state index contributed by atoms with van der Waals surface area (Å²) >= 11 is 0. The van der Waals surface area contributed by atoms with Gasteiger partial charge in [0.2, 0.25) is 0 Å². The fraction of sp³-hybridized carbons (Fsp3) is 0. The van der Waals surface area contributed by atoms with Crippen LogP contribution in [0.15, 0.2) is 182 Å². The van der Waals surface area contributed by atoms with Gasteiger partial charge in [0.25, 0.3) is 0 Å². The Kier molecular flexibility index (Phi) is 28.0. The first-order chi connectivity index (χ1) is 25.8. The number of carbonyl (C=O) groups is 6. The molecule has 56 heavy (non-hydrogen) atoms. The van der Waals surface area contributed by atoms with Crippen molar-refractivity contribution in [1.29, 1.82) is 0 Å². The average molecular weight is 856 g/mol. The summed E-state index contributed by atoms with van der Waals surface area (Å²) in [6.45, 7) is 0. The topological polar surface area (TPSA) is 235 Å². The van der Waals surface area contributed by atoms with Crippen LogP contribution in [0.3, 0.4) is 0 Å². The molecule has 0 aliphatic heterocycles. The van der Waals surface area contributed by atoms with Gasteiger partial charge in [-0.2, -0.15) is 0 Å². The van der Waals surface area contributed by atoms with E-state index < -0.39 is 35.8 Å². The van der Waals surface area contributed by atoms with E-state index in [9.17, 15) is 49.2 Å². The van der Waals surface area contributed by atoms with Gasteiger partial charge >= 0.3 is 46.1 Å². The summed E-state index contributed by atoms with van der Waals surface area (Å²) in [5.74, 6) is -6.27. The van der Waals surface area contributed by atoms with Gasteiger partial charge < -0.3 is 49.8 Å². The van der Waals surface area contributed by atoms with Crippen molar-refractivity contribution in [1.82, 2.24) is 0 Å². The van der Waals surface area contributed by atoms with Crippen LogP contribution in [0.25, 0.3) is 0 Å². The molecule has 0 heterocycles. The van der Waals surface area contributed by atoms with Gasteiger partial charge in [-0.15, -0.1) is 0 Å². The predicted molar refractivity (Wildman–Crippen MR) is 190 cm³/mol. The molecule has 0 aliphatic carbocycles. The molecule has 294 valence electrons. The minimum Gasteiger partial charge on any atom is -0.545 e. The monoisotopic (exact) mass is 854 g/mol. The smallest absolute Gasteiger partial charge is 0.545 e. The van der Waals surface area contributed by atoms with E-state index in [1.54, 1.807) is 133 Å². The molecule has 2 radical (unpaired) electrons. The van der Waals surface area contributed by atoms with Gasteiger partial charge in [-0.1, -0.05) is 158 Å². The van der Waals surface area contributed by atoms with Gasteiger partial charge in [-0.3, -0.25) is 0 Å². The van der Waals surface area contributed by atoms with Crippen LogP contribution in [-0.2, 0) is 34.1 Å². The van der Waals surface area contributed by atoms with Crippen LogP contribution in [0.1, 0.15) is 62.1 Å². The number of carboxylic acids is 6. The first-order valence-electron chi connectivity index (χ1n) is 15.5. The fourth-order valence-corrected chi connectivity index (χ4v) is 3.46. The maximum atomic E-state index is 10.2. The molecule has 14 heteroatoms. The summed E-state index contributed by atoms with van der Waals surface area (Å²) in [6, 6.07) is 48.8. The molecule has 0 spiro atoms. The fourth-order valence-electron chi connectivity index (χ4n) is 3.46. The van der Waals surface area contributed by atoms with Crippen LogP contribution >= 0.6 is 0 Å². The molecular weight excluding hydrogens is 824 g/mol. The third-order valence-electron chi connectivity index (χ3n) is 6.08. The summed E-state index contributed by atoms with van der Waals surface area (Å²) in [5, 5.41) is 57.1. The Balaban J connectivity index is 0. The second-order valence-electron chi connectivity index (χ2n) is 9.96. The van der Waals surface area contributed by atoms with E-state index in [0.29, 0.717) is 11.1 Å². The van der Waals surface area contributed by atoms with E-state index in [0.717, 1.165) is 0 Å². The van der Waals surface area contributed by atoms with Crippen molar-refractivity contribution in [3.05, 3.63) is 215 Å². The van der Waals surface area contributed by atoms with E-state index in [4.69, 9.17) is 10.2 Å². The van der Waals surface area contributed by atoms with Gasteiger partial charge in [-0.25, -0.2) is 9.59 Å². The van der Waals surface area contributed by atoms with Crippen molar-refractivity contribution < 1.29 is 93.5 Å². The zero-order chi connectivity index (χ0) is 40.1. The van der Waals surface area contributed by atoms with E-state index in [2.05, 4.69) is 0 Å². The first-order valence-corrected chi connectivity index (χ1v) is 15.5. The van der Waals surface area contributed by atoms with Crippen molar-refractivity contribution >= 4 is 35.8 Å². The number of hydrogen-bond donors (Lipinski definition) is 2. The maximum absolute atomic E-state index is 10.2. The predicted octanol–water partition coefficient (Wildman–Crippen LogP) is 2.97. The Labute approximate surface area is 343 Å². The quantitative estimate of drug-likeness (QED) is 0.230. The summed E-state index contributed by atoms with van der Waals surface area (Å²) in [6.07, 6.45) is 0. The number of aromatic carboxylic acids is 6. The van der Waals surface area contributed by atoms with Crippen LogP contribution < -0.4 is 20.4 Å². The van der Waals surface area contributed by atoms with Gasteiger partial charge in [0, 0.05) is 0 Å². The second kappa shape index (κ2) is 30.6. The van der Waals surface area contributed by atoms with E-state index >= 15 is 0 Å². The van der Waals surface area contributed by atoms with Crippen molar-refractivity contribution in [2.45, 2.75) is 0 Å². The minimum atomic E-state index is -1.13. The Bertz CT molecular complexity index is 1620. The Hall–Kier alpha value is -6.82. The molecule has 12 nitrogen and oxygen atoms in total. The number of carboxylic acid groups (broad SMARTS) is 6. The molecule has 0 unspecified atom stereocenters. The maximum Gasteiger partial charge on any atom is 2.00 e. The summed E-state index contributed by atoms with van der Waals surface area (Å²) in [5.41, 5.74) is 1.54. The van der Waals surface area contributed by atoms with Crippen molar-refractivity contribution in [2.75, 3.05) is 0 Å². The third kappa shape index (κ3) is 23.7. The summed E-state index contributed by atoms with van der Waals surface area (Å²) in [4.78, 5) is 60.8. The Morgan fingerprint density at radius 1 is 0.268 bits per heavy atom. The van der Waals surface area contributed by atoms with Crippen molar-refractivity contribution in [3.8, 4) is 0 Å². The molecule has 2 N–H and O–H groups in total. The Morgan fingerprint density at radius 3 is 0.464 bits per heavy atom. The van der Waals surface area contributed by atoms with Crippen LogP contribution in [0.2, 0.25) is 0 Å². The van der Waals surface area contributed by atoms with Crippen LogP contribution in [0.5, 0.6) is 0 Å². The standard InChI is InChI=1S/6C7H6O2.2Cu/c6*8-7(9)6-4-2-1-3-5-6;;/h6*1-5H,(H,8,9);;/q;;;;;;2*+2/p-4. The molecule has 0 amide bonds. The molecule has 0 saturated heterocycles. The average Bonchev–Trinajstić information content (AvgIpc) is 3.21. The van der Waals surface area contributed by atoms with Gasteiger partial charge in [0.1, 0.15) is 0 Å². The molecule has 0 saturated carbocycles. The van der Waals surface area contributed by atoms with Crippen molar-refractivity contribution in [2.24, 2.45) is 0 Å². The number of hydrogen-bond acceptors (Lipinski definition) is 10. The second-order valence-corrected chi connectivity index (χ2v) is 9.96. The van der Waals surface area contributed by atoms with Crippen LogP contribution in [0.4, 0.5) is 0 Å². The van der Waals surface area contributed by atoms with Gasteiger partial charge in [0.15, 0.2) is 0 Å². The first kappa shape index (κ1) is 51.3. The third-order valence-corrected chi connectivity index (χ3v) is 6.08. The van der Waals surface area contributed by atoms with Gasteiger partial charge in [0.05, 0.1) is 35.0 Å². The largest absolute Gasteiger partial charge is 2.00 e. The normalized spacial score (nSPS) is 8.57. The van der Waals surface area contributed by atoms with Crippen LogP contribution in [0, 0.1) is 0 Å². The van der Waals surface area contributed by atoms with E-state index in [-0.39, 0.29) is 56.4 Å². The molecule has 0 aromatic heterocycles. The molecule has 6 rings (SSSR count). The summed E-state index contributed by atoms with van der Waals surface area (Å²) < 4.78 is 0. The molecule has 0 bridgehead atoms. The number of rotatable bonds is 6.